The number of sulfonamides is 1. The summed E-state index contributed by atoms with van der Waals surface area (Å²) >= 11 is 7.23. The molecular formula is C28H26ClN9O4S2. The number of methoxy groups -OCH3 is 1. The predicted molar refractivity (Wildman–Crippen MR) is 171 cm³/mol. The van der Waals surface area contributed by atoms with Gasteiger partial charge in [0.25, 0.3) is 10.0 Å². The van der Waals surface area contributed by atoms with Gasteiger partial charge in [0, 0.05) is 37.4 Å². The van der Waals surface area contributed by atoms with Crippen molar-refractivity contribution in [2.24, 2.45) is 10.2 Å². The molecule has 0 aliphatic rings. The number of amides is 1. The Labute approximate surface area is 262 Å². The van der Waals surface area contributed by atoms with Crippen molar-refractivity contribution in [3.05, 3.63) is 77.8 Å². The lowest BCUT2D eigenvalue weighted by Crippen LogP contribution is -2.13. The summed E-state index contributed by atoms with van der Waals surface area (Å²) in [5.74, 6) is 0.243. The lowest BCUT2D eigenvalue weighted by Gasteiger charge is -2.11. The molecule has 44 heavy (non-hydrogen) atoms. The van der Waals surface area contributed by atoms with E-state index in [1.165, 1.54) is 43.0 Å². The van der Waals surface area contributed by atoms with Gasteiger partial charge in [0.2, 0.25) is 16.9 Å². The van der Waals surface area contributed by atoms with Crippen LogP contribution >= 0.6 is 22.9 Å². The van der Waals surface area contributed by atoms with Gasteiger partial charge in [-0.3, -0.25) is 9.52 Å². The molecule has 0 unspecified atom stereocenters. The molecule has 2 N–H and O–H groups in total. The molecule has 5 aromatic rings. The zero-order chi connectivity index (χ0) is 31.4. The van der Waals surface area contributed by atoms with Crippen molar-refractivity contribution in [3.63, 3.8) is 0 Å². The normalized spacial score (nSPS) is 11.5. The van der Waals surface area contributed by atoms with Gasteiger partial charge in [-0.1, -0.05) is 29.0 Å². The van der Waals surface area contributed by atoms with Gasteiger partial charge in [-0.15, -0.1) is 20.4 Å². The third kappa shape index (κ3) is 6.85. The monoisotopic (exact) mass is 651 g/mol. The van der Waals surface area contributed by atoms with E-state index in [0.29, 0.717) is 22.1 Å². The van der Waals surface area contributed by atoms with Crippen molar-refractivity contribution < 1.29 is 17.9 Å². The summed E-state index contributed by atoms with van der Waals surface area (Å²) in [6, 6.07) is 20.2. The number of halogens is 1. The first-order chi connectivity index (χ1) is 21.0. The van der Waals surface area contributed by atoms with Crippen LogP contribution in [0.3, 0.4) is 0 Å². The molecule has 0 radical (unpaired) electrons. The van der Waals surface area contributed by atoms with E-state index in [1.54, 1.807) is 24.3 Å². The minimum Gasteiger partial charge on any atom is -0.491 e. The van der Waals surface area contributed by atoms with Gasteiger partial charge in [-0.05, 0) is 66.7 Å². The average Bonchev–Trinajstić information content (AvgIpc) is 3.60. The fourth-order valence-electron chi connectivity index (χ4n) is 3.98. The van der Waals surface area contributed by atoms with Crippen LogP contribution in [0.2, 0.25) is 5.02 Å². The lowest BCUT2D eigenvalue weighted by molar-refractivity contribution is -0.114. The summed E-state index contributed by atoms with van der Waals surface area (Å²) in [5.41, 5.74) is 2.95. The Morgan fingerprint density at radius 2 is 1.75 bits per heavy atom. The van der Waals surface area contributed by atoms with E-state index in [9.17, 15) is 13.2 Å². The molecule has 0 fully saturated rings. The Morgan fingerprint density at radius 3 is 2.39 bits per heavy atom. The van der Waals surface area contributed by atoms with Crippen molar-refractivity contribution in [1.29, 1.82) is 0 Å². The molecular weight excluding hydrogens is 626 g/mol. The van der Waals surface area contributed by atoms with Crippen LogP contribution in [0.5, 0.6) is 5.75 Å². The second-order valence-electron chi connectivity index (χ2n) is 9.43. The van der Waals surface area contributed by atoms with Crippen LogP contribution in [0, 0.1) is 0 Å². The number of nitrogens with one attached hydrogen (secondary N) is 2. The number of aromatic nitrogens is 4. The van der Waals surface area contributed by atoms with Crippen molar-refractivity contribution in [3.8, 4) is 22.1 Å². The maximum absolute atomic E-state index is 13.0. The van der Waals surface area contributed by atoms with Crippen LogP contribution < -0.4 is 19.7 Å². The number of carbonyl (C=O) groups is 1. The molecule has 0 saturated heterocycles. The van der Waals surface area contributed by atoms with Crippen molar-refractivity contribution in [2.75, 3.05) is 36.1 Å². The SMILES string of the molecule is COc1c(-c2nnc(NS(=O)(=O)c3ccc(NC(C)=O)cc3)s2)nn(-c2cccc(Cl)c2)c1N=Nc1ccc(N(C)C)cc1. The topological polar surface area (TPSA) is 156 Å². The van der Waals surface area contributed by atoms with Gasteiger partial charge in [0.05, 0.1) is 23.4 Å². The predicted octanol–water partition coefficient (Wildman–Crippen LogP) is 6.29. The average molecular weight is 652 g/mol. The van der Waals surface area contributed by atoms with E-state index in [2.05, 4.69) is 35.6 Å². The fraction of sp³-hybridized carbons (Fsp3) is 0.143. The Kier molecular flexibility index (Phi) is 8.89. The Balaban J connectivity index is 1.49. The molecule has 5 rings (SSSR count). The van der Waals surface area contributed by atoms with Crippen LogP contribution in [0.1, 0.15) is 6.92 Å². The van der Waals surface area contributed by atoms with E-state index in [0.717, 1.165) is 17.0 Å². The summed E-state index contributed by atoms with van der Waals surface area (Å²) in [6.07, 6.45) is 0. The first-order valence-corrected chi connectivity index (χ1v) is 15.6. The maximum Gasteiger partial charge on any atom is 0.263 e. The maximum atomic E-state index is 13.0. The van der Waals surface area contributed by atoms with Gasteiger partial charge in [0.15, 0.2) is 16.5 Å². The molecule has 13 nitrogen and oxygen atoms in total. The molecule has 0 aliphatic heterocycles. The third-order valence-corrected chi connectivity index (χ3v) is 8.60. The molecule has 1 amide bonds. The molecule has 16 heteroatoms. The highest BCUT2D eigenvalue weighted by molar-refractivity contribution is 7.93. The number of nitrogens with zero attached hydrogens (tertiary/aromatic N) is 7. The molecule has 0 atom stereocenters. The summed E-state index contributed by atoms with van der Waals surface area (Å²) in [4.78, 5) is 13.2. The number of carbonyl (C=O) groups excluding carboxylic acids is 1. The Bertz CT molecular complexity index is 1940. The lowest BCUT2D eigenvalue weighted by atomic mass is 10.3. The first kappa shape index (κ1) is 30.6. The largest absolute Gasteiger partial charge is 0.491 e. The number of anilines is 3. The van der Waals surface area contributed by atoms with Crippen LogP contribution in [0.4, 0.5) is 28.0 Å². The number of benzene rings is 3. The number of rotatable bonds is 10. The van der Waals surface area contributed by atoms with E-state index in [-0.39, 0.29) is 38.2 Å². The van der Waals surface area contributed by atoms with E-state index < -0.39 is 10.0 Å². The minimum absolute atomic E-state index is 0.00875. The molecule has 3 aromatic carbocycles. The van der Waals surface area contributed by atoms with Crippen molar-refractivity contribution in [2.45, 2.75) is 11.8 Å². The minimum atomic E-state index is -4.00. The fourth-order valence-corrected chi connectivity index (χ4v) is 6.12. The molecule has 0 spiro atoms. The van der Waals surface area contributed by atoms with Gasteiger partial charge in [0.1, 0.15) is 0 Å². The van der Waals surface area contributed by atoms with Crippen LogP contribution in [0.15, 0.2) is 87.9 Å². The number of azo groups is 1. The van der Waals surface area contributed by atoms with Crippen LogP contribution in [-0.2, 0) is 14.8 Å². The standard InChI is InChI=1S/C28H26ClN9O4S2/c1-17(39)30-19-10-14-23(15-11-19)44(40,41)36-28-34-33-27(43-28)24-25(42-4)26(38(35-24)22-7-5-6-18(29)16-22)32-31-20-8-12-21(13-9-20)37(2)3/h5-16H,1-4H3,(H,30,39)(H,34,36). The number of hydrogen-bond donors (Lipinski definition) is 2. The Hall–Kier alpha value is -4.86. The quantitative estimate of drug-likeness (QED) is 0.167. The van der Waals surface area contributed by atoms with Gasteiger partial charge in [-0.2, -0.15) is 5.10 Å². The summed E-state index contributed by atoms with van der Waals surface area (Å²) < 4.78 is 35.7. The molecule has 0 aliphatic carbocycles. The smallest absolute Gasteiger partial charge is 0.263 e. The second kappa shape index (κ2) is 12.8. The van der Waals surface area contributed by atoms with Crippen molar-refractivity contribution >= 4 is 66.9 Å². The highest BCUT2D eigenvalue weighted by Crippen LogP contribution is 2.42. The summed E-state index contributed by atoms with van der Waals surface area (Å²) in [5, 5.41) is 25.1. The highest BCUT2D eigenvalue weighted by Gasteiger charge is 2.26. The molecule has 0 saturated carbocycles. The van der Waals surface area contributed by atoms with E-state index >= 15 is 0 Å². The first-order valence-electron chi connectivity index (χ1n) is 12.9. The Morgan fingerprint density at radius 1 is 1.02 bits per heavy atom. The van der Waals surface area contributed by atoms with E-state index in [4.69, 9.17) is 16.3 Å². The molecule has 0 bridgehead atoms. The van der Waals surface area contributed by atoms with Gasteiger partial charge < -0.3 is 15.0 Å². The summed E-state index contributed by atoms with van der Waals surface area (Å²) in [7, 11) is 1.35. The second-order valence-corrected chi connectivity index (χ2v) is 12.5. The van der Waals surface area contributed by atoms with Crippen LogP contribution in [0.25, 0.3) is 16.4 Å². The zero-order valence-electron chi connectivity index (χ0n) is 23.9. The van der Waals surface area contributed by atoms with Crippen molar-refractivity contribution in [1.82, 2.24) is 20.0 Å². The van der Waals surface area contributed by atoms with Gasteiger partial charge in [-0.25, -0.2) is 13.1 Å². The molecule has 2 heterocycles. The van der Waals surface area contributed by atoms with Gasteiger partial charge >= 0.3 is 0 Å². The molecule has 2 aromatic heterocycles. The van der Waals surface area contributed by atoms with E-state index in [1.807, 2.05) is 43.3 Å². The van der Waals surface area contributed by atoms with Crippen LogP contribution in [-0.4, -0.2) is 55.5 Å². The highest BCUT2D eigenvalue weighted by atomic mass is 35.5. The zero-order valence-corrected chi connectivity index (χ0v) is 26.3. The molecule has 226 valence electrons. The summed E-state index contributed by atoms with van der Waals surface area (Å²) in [6.45, 7) is 1.36. The number of hydrogen-bond acceptors (Lipinski definition) is 11. The third-order valence-electron chi connectivity index (χ3n) is 6.04. The number of ether oxygens (including phenoxy) is 1.